The van der Waals surface area contributed by atoms with E-state index in [4.69, 9.17) is 21.7 Å². The number of hydrogen-bond acceptors (Lipinski definition) is 6. The Morgan fingerprint density at radius 3 is 2.42 bits per heavy atom. The summed E-state index contributed by atoms with van der Waals surface area (Å²) in [5.74, 6) is -1.01. The summed E-state index contributed by atoms with van der Waals surface area (Å²) in [5.41, 5.74) is -1.86. The lowest BCUT2D eigenvalue weighted by Gasteiger charge is -2.31. The maximum atomic E-state index is 13.2. The van der Waals surface area contributed by atoms with E-state index in [-0.39, 0.29) is 46.9 Å². The largest absolute Gasteiger partial charge is 0.481 e. The molecule has 40 heavy (non-hydrogen) atoms. The molecular formula is C27H30ClF3N4O3S2. The second-order valence-electron chi connectivity index (χ2n) is 10.9. The molecule has 1 N–H and O–H groups in total. The van der Waals surface area contributed by atoms with Crippen molar-refractivity contribution in [1.82, 2.24) is 19.7 Å². The standard InChI is InChI=1S/C27H30ClF3N4O3S2/c1-15-9-19(13-22(37)38)33-35(15)14-21(36)34-7-5-16(6-8-34)25-32-23(24(28)39-25)17-10-18(26(2,3)4)12-20(11-17)40-27(29,30)31/h9-12,16H,5-8,13-14H2,1-4H3,(H,37,38). The normalized spacial score (nSPS) is 15.1. The number of alkyl halides is 3. The summed E-state index contributed by atoms with van der Waals surface area (Å²) in [6.45, 7) is 8.68. The Kier molecular flexibility index (Phi) is 8.91. The van der Waals surface area contributed by atoms with Gasteiger partial charge in [0.05, 0.1) is 17.1 Å². The van der Waals surface area contributed by atoms with Gasteiger partial charge in [-0.3, -0.25) is 14.3 Å². The number of likely N-dealkylation sites (tertiary alicyclic amines) is 1. The van der Waals surface area contributed by atoms with Crippen molar-refractivity contribution in [3.8, 4) is 11.3 Å². The molecule has 0 bridgehead atoms. The number of amides is 1. The first-order chi connectivity index (χ1) is 18.6. The molecule has 1 aliphatic heterocycles. The van der Waals surface area contributed by atoms with Gasteiger partial charge in [-0.25, -0.2) is 4.98 Å². The van der Waals surface area contributed by atoms with Crippen LogP contribution in [0.15, 0.2) is 29.2 Å². The number of carboxylic acids is 1. The molecule has 3 heterocycles. The van der Waals surface area contributed by atoms with E-state index in [1.165, 1.54) is 22.1 Å². The van der Waals surface area contributed by atoms with Crippen molar-refractivity contribution in [3.63, 3.8) is 0 Å². The van der Waals surface area contributed by atoms with Crippen molar-refractivity contribution in [3.05, 3.63) is 50.6 Å². The van der Waals surface area contributed by atoms with Gasteiger partial charge in [0, 0.05) is 35.2 Å². The number of nitrogens with zero attached hydrogens (tertiary/aromatic N) is 4. The number of halogens is 4. The molecule has 13 heteroatoms. The minimum atomic E-state index is -4.41. The fourth-order valence-corrected chi connectivity index (χ4v) is 6.63. The van der Waals surface area contributed by atoms with E-state index in [0.29, 0.717) is 47.2 Å². The number of aromatic nitrogens is 3. The van der Waals surface area contributed by atoms with Gasteiger partial charge in [-0.15, -0.1) is 11.3 Å². The van der Waals surface area contributed by atoms with Crippen molar-refractivity contribution < 1.29 is 27.9 Å². The molecule has 1 aliphatic rings. The average molecular weight is 615 g/mol. The monoisotopic (exact) mass is 614 g/mol. The lowest BCUT2D eigenvalue weighted by atomic mass is 9.86. The second-order valence-corrected chi connectivity index (χ2v) is 13.6. The summed E-state index contributed by atoms with van der Waals surface area (Å²) in [5, 5.41) is 14.0. The minimum Gasteiger partial charge on any atom is -0.481 e. The van der Waals surface area contributed by atoms with Gasteiger partial charge in [-0.2, -0.15) is 18.3 Å². The molecule has 1 aromatic carbocycles. The van der Waals surface area contributed by atoms with Gasteiger partial charge < -0.3 is 10.0 Å². The number of piperidine rings is 1. The van der Waals surface area contributed by atoms with Crippen LogP contribution in [0, 0.1) is 6.92 Å². The van der Waals surface area contributed by atoms with Crippen LogP contribution in [0.2, 0.25) is 4.34 Å². The Labute approximate surface area is 243 Å². The van der Waals surface area contributed by atoms with Crippen molar-refractivity contribution in [2.24, 2.45) is 0 Å². The van der Waals surface area contributed by atoms with Crippen LogP contribution in [0.4, 0.5) is 13.2 Å². The molecule has 0 radical (unpaired) electrons. The highest BCUT2D eigenvalue weighted by Gasteiger charge is 2.31. The predicted molar refractivity (Wildman–Crippen MR) is 150 cm³/mol. The molecule has 1 fully saturated rings. The van der Waals surface area contributed by atoms with E-state index in [1.54, 1.807) is 24.0 Å². The molecule has 216 valence electrons. The highest BCUT2D eigenvalue weighted by molar-refractivity contribution is 8.00. The molecule has 2 aromatic heterocycles. The fraction of sp³-hybridized carbons (Fsp3) is 0.481. The third-order valence-corrected chi connectivity index (χ3v) is 8.85. The zero-order valence-corrected chi connectivity index (χ0v) is 24.9. The van der Waals surface area contributed by atoms with Crippen molar-refractivity contribution in [1.29, 1.82) is 0 Å². The number of rotatable bonds is 7. The first-order valence-electron chi connectivity index (χ1n) is 12.7. The maximum Gasteiger partial charge on any atom is 0.446 e. The summed E-state index contributed by atoms with van der Waals surface area (Å²) in [4.78, 5) is 30.5. The quantitative estimate of drug-likeness (QED) is 0.291. The van der Waals surface area contributed by atoms with Gasteiger partial charge in [-0.1, -0.05) is 32.4 Å². The molecule has 3 aromatic rings. The molecular weight excluding hydrogens is 585 g/mol. The molecule has 4 rings (SSSR count). The molecule has 0 aliphatic carbocycles. The maximum absolute atomic E-state index is 13.2. The van der Waals surface area contributed by atoms with Crippen LogP contribution >= 0.6 is 34.7 Å². The topological polar surface area (TPSA) is 88.3 Å². The van der Waals surface area contributed by atoms with Crippen LogP contribution in [0.25, 0.3) is 11.3 Å². The molecule has 0 spiro atoms. The molecule has 0 atom stereocenters. The molecule has 0 unspecified atom stereocenters. The van der Waals surface area contributed by atoms with Crippen LogP contribution < -0.4 is 0 Å². The number of thiazole rings is 1. The van der Waals surface area contributed by atoms with Crippen molar-refractivity contribution in [2.75, 3.05) is 13.1 Å². The zero-order valence-electron chi connectivity index (χ0n) is 22.5. The first kappa shape index (κ1) is 30.4. The Morgan fingerprint density at radius 1 is 1.15 bits per heavy atom. The highest BCUT2D eigenvalue weighted by atomic mass is 35.5. The Morgan fingerprint density at radius 2 is 1.82 bits per heavy atom. The van der Waals surface area contributed by atoms with Gasteiger partial charge in [0.2, 0.25) is 5.91 Å². The summed E-state index contributed by atoms with van der Waals surface area (Å²) in [6, 6.07) is 6.57. The number of carboxylic acid groups (broad SMARTS) is 1. The van der Waals surface area contributed by atoms with Gasteiger partial charge in [0.25, 0.3) is 0 Å². The summed E-state index contributed by atoms with van der Waals surface area (Å²) < 4.78 is 41.5. The van der Waals surface area contributed by atoms with Crippen LogP contribution in [0.1, 0.15) is 61.5 Å². The van der Waals surface area contributed by atoms with Gasteiger partial charge >= 0.3 is 11.5 Å². The first-order valence-corrected chi connectivity index (χ1v) is 14.7. The van der Waals surface area contributed by atoms with E-state index in [0.717, 1.165) is 16.3 Å². The molecule has 0 saturated carbocycles. The third-order valence-electron chi connectivity index (χ3n) is 6.73. The van der Waals surface area contributed by atoms with E-state index in [9.17, 15) is 22.8 Å². The van der Waals surface area contributed by atoms with Gasteiger partial charge in [0.15, 0.2) is 0 Å². The van der Waals surface area contributed by atoms with Crippen LogP contribution in [-0.2, 0) is 28.0 Å². The van der Waals surface area contributed by atoms with Crippen LogP contribution in [0.3, 0.4) is 0 Å². The fourth-order valence-electron chi connectivity index (χ4n) is 4.61. The van der Waals surface area contributed by atoms with Crippen LogP contribution in [0.5, 0.6) is 0 Å². The molecule has 7 nitrogen and oxygen atoms in total. The average Bonchev–Trinajstić information content (AvgIpc) is 3.38. The predicted octanol–water partition coefficient (Wildman–Crippen LogP) is 6.91. The number of hydrogen-bond donors (Lipinski definition) is 1. The number of carbonyl (C=O) groups is 2. The Balaban J connectivity index is 1.46. The van der Waals surface area contributed by atoms with E-state index in [2.05, 4.69) is 5.10 Å². The van der Waals surface area contributed by atoms with Gasteiger partial charge in [-0.05, 0) is 66.8 Å². The minimum absolute atomic E-state index is 0.0335. The smallest absolute Gasteiger partial charge is 0.446 e. The molecule has 1 saturated heterocycles. The van der Waals surface area contributed by atoms with Gasteiger partial charge in [0.1, 0.15) is 16.6 Å². The van der Waals surface area contributed by atoms with Crippen molar-refractivity contribution in [2.45, 2.75) is 75.2 Å². The van der Waals surface area contributed by atoms with E-state index < -0.39 is 11.5 Å². The highest BCUT2D eigenvalue weighted by Crippen LogP contribution is 2.43. The Bertz CT molecular complexity index is 1410. The second kappa shape index (κ2) is 11.7. The summed E-state index contributed by atoms with van der Waals surface area (Å²) in [6.07, 6.45) is 1.15. The number of thioether (sulfide) groups is 1. The number of aliphatic carboxylic acids is 1. The van der Waals surface area contributed by atoms with Crippen LogP contribution in [-0.4, -0.2) is 55.2 Å². The number of aryl methyl sites for hydroxylation is 1. The lowest BCUT2D eigenvalue weighted by molar-refractivity contribution is -0.136. The third kappa shape index (κ3) is 7.58. The number of carbonyl (C=O) groups excluding carboxylic acids is 1. The zero-order chi connectivity index (χ0) is 29.4. The lowest BCUT2D eigenvalue weighted by Crippen LogP contribution is -2.40. The summed E-state index contributed by atoms with van der Waals surface area (Å²) in [7, 11) is 0. The summed E-state index contributed by atoms with van der Waals surface area (Å²) >= 11 is 7.77. The van der Waals surface area contributed by atoms with E-state index >= 15 is 0 Å². The van der Waals surface area contributed by atoms with Crippen molar-refractivity contribution >= 4 is 46.6 Å². The van der Waals surface area contributed by atoms with E-state index in [1.807, 2.05) is 26.8 Å². The Hall–Kier alpha value is -2.57. The number of benzene rings is 1. The SMILES string of the molecule is Cc1cc(CC(=O)O)nn1CC(=O)N1CCC(c2nc(-c3cc(SC(F)(F)F)cc(C(C)(C)C)c3)c(Cl)s2)CC1. The molecule has 1 amide bonds.